The molecule has 1 unspecified atom stereocenters. The molecule has 24 heavy (non-hydrogen) atoms. The number of hydrogen-bond donors (Lipinski definition) is 2. The van der Waals surface area contributed by atoms with Crippen LogP contribution in [0.1, 0.15) is 47.2 Å². The molecule has 3 rings (SSSR count). The van der Waals surface area contributed by atoms with Crippen molar-refractivity contribution in [1.82, 2.24) is 4.40 Å². The highest BCUT2D eigenvalue weighted by Crippen LogP contribution is 2.43. The molecule has 0 spiro atoms. The molecule has 1 aliphatic carbocycles. The van der Waals surface area contributed by atoms with Crippen LogP contribution in [-0.4, -0.2) is 20.9 Å². The number of carbonyl (C=O) groups is 1. The average molecular weight is 352 g/mol. The molecule has 128 valence electrons. The van der Waals surface area contributed by atoms with Gasteiger partial charge in [0.2, 0.25) is 0 Å². The van der Waals surface area contributed by atoms with Crippen LogP contribution in [0.3, 0.4) is 0 Å². The lowest BCUT2D eigenvalue weighted by molar-refractivity contribution is 0.0694. The number of carboxylic acids is 1. The fourth-order valence-corrected chi connectivity index (χ4v) is 2.98. The first kappa shape index (κ1) is 16.8. The van der Waals surface area contributed by atoms with Crippen molar-refractivity contribution in [3.63, 3.8) is 0 Å². The van der Waals surface area contributed by atoms with Crippen molar-refractivity contribution in [1.29, 1.82) is 0 Å². The third-order valence-corrected chi connectivity index (χ3v) is 4.62. The molecule has 0 bridgehead atoms. The summed E-state index contributed by atoms with van der Waals surface area (Å²) in [4.78, 5) is 23.7. The first-order valence-corrected chi connectivity index (χ1v) is 8.43. The Morgan fingerprint density at radius 3 is 2.75 bits per heavy atom. The van der Waals surface area contributed by atoms with Gasteiger partial charge in [-0.2, -0.15) is 0 Å². The molecule has 8 heteroatoms. The van der Waals surface area contributed by atoms with Crippen molar-refractivity contribution in [3.8, 4) is 5.75 Å². The number of aryl methyl sites for hydroxylation is 1. The molecule has 0 aromatic carbocycles. The smallest absolute Gasteiger partial charge is 0.341 e. The van der Waals surface area contributed by atoms with Crippen molar-refractivity contribution in [2.45, 2.75) is 38.0 Å². The molecule has 2 aromatic heterocycles. The summed E-state index contributed by atoms with van der Waals surface area (Å²) in [5.41, 5.74) is 0.145. The zero-order valence-corrected chi connectivity index (χ0v) is 14.0. The first-order valence-electron chi connectivity index (χ1n) is 7.49. The Morgan fingerprint density at radius 2 is 2.21 bits per heavy atom. The number of carboxylic acid groups (broad SMARTS) is 1. The molecule has 1 fully saturated rings. The highest BCUT2D eigenvalue weighted by Gasteiger charge is 2.30. The van der Waals surface area contributed by atoms with Crippen LogP contribution in [0.5, 0.6) is 5.75 Å². The van der Waals surface area contributed by atoms with Crippen LogP contribution >= 0.6 is 11.9 Å². The van der Waals surface area contributed by atoms with E-state index in [0.717, 1.165) is 41.0 Å². The van der Waals surface area contributed by atoms with Gasteiger partial charge in [-0.3, -0.25) is 14.3 Å². The van der Waals surface area contributed by atoms with Gasteiger partial charge in [-0.05, 0) is 56.2 Å². The van der Waals surface area contributed by atoms with Gasteiger partial charge in [0.25, 0.3) is 5.56 Å². The fraction of sp³-hybridized carbons (Fsp3) is 0.375. The Labute approximate surface area is 141 Å². The SMILES string of the molecule is Cc1c(OC(C)SN)c(F)cn2c(=O)c(C(=O)O)cc(C3CC3)c12. The van der Waals surface area contributed by atoms with E-state index in [0.29, 0.717) is 11.1 Å². The minimum atomic E-state index is -1.32. The number of halogens is 1. The van der Waals surface area contributed by atoms with Gasteiger partial charge in [-0.25, -0.2) is 9.18 Å². The van der Waals surface area contributed by atoms with E-state index in [1.807, 2.05) is 0 Å². The van der Waals surface area contributed by atoms with Crippen molar-refractivity contribution < 1.29 is 19.0 Å². The second kappa shape index (κ2) is 6.10. The van der Waals surface area contributed by atoms with Gasteiger partial charge < -0.3 is 9.84 Å². The zero-order chi connectivity index (χ0) is 17.6. The summed E-state index contributed by atoms with van der Waals surface area (Å²) in [6, 6.07) is 1.41. The van der Waals surface area contributed by atoms with Crippen LogP contribution in [0, 0.1) is 12.7 Å². The summed E-state index contributed by atoms with van der Waals surface area (Å²) in [6.45, 7) is 3.35. The lowest BCUT2D eigenvalue weighted by Crippen LogP contribution is -2.24. The second-order valence-corrected chi connectivity index (χ2v) is 6.81. The minimum Gasteiger partial charge on any atom is -0.477 e. The predicted octanol–water partition coefficient (Wildman–Crippen LogP) is 2.65. The number of nitrogens with two attached hydrogens (primary N) is 1. The standard InChI is InChI=1S/C16H17FN2O4S/c1-7-13-10(9-3-4-9)5-11(16(21)22)15(20)19(13)6-12(17)14(7)23-8(2)24-18/h5-6,8-9H,3-4,18H2,1-2H3,(H,21,22). The Balaban J connectivity index is 2.34. The molecule has 0 amide bonds. The number of aromatic nitrogens is 1. The Hall–Kier alpha value is -2.06. The van der Waals surface area contributed by atoms with E-state index in [1.54, 1.807) is 13.8 Å². The third kappa shape index (κ3) is 2.76. The van der Waals surface area contributed by atoms with Gasteiger partial charge in [-0.1, -0.05) is 0 Å². The minimum absolute atomic E-state index is 0.0322. The van der Waals surface area contributed by atoms with Crippen molar-refractivity contribution >= 4 is 23.4 Å². The quantitative estimate of drug-likeness (QED) is 0.635. The number of ether oxygens (including phenoxy) is 1. The van der Waals surface area contributed by atoms with Gasteiger partial charge in [0.05, 0.1) is 11.7 Å². The summed E-state index contributed by atoms with van der Waals surface area (Å²) in [6.07, 6.45) is 2.82. The molecular weight excluding hydrogens is 335 g/mol. The lowest BCUT2D eigenvalue weighted by atomic mass is 10.0. The van der Waals surface area contributed by atoms with E-state index in [1.165, 1.54) is 6.07 Å². The topological polar surface area (TPSA) is 94.0 Å². The maximum absolute atomic E-state index is 14.5. The summed E-state index contributed by atoms with van der Waals surface area (Å²) in [7, 11) is 0. The first-order chi connectivity index (χ1) is 11.3. The Bertz CT molecular complexity index is 892. The van der Waals surface area contributed by atoms with Crippen molar-refractivity contribution in [2.75, 3.05) is 0 Å². The number of pyridine rings is 2. The summed E-state index contributed by atoms with van der Waals surface area (Å²) < 4.78 is 21.1. The van der Waals surface area contributed by atoms with Gasteiger partial charge >= 0.3 is 5.97 Å². The van der Waals surface area contributed by atoms with Crippen LogP contribution in [0.4, 0.5) is 4.39 Å². The van der Waals surface area contributed by atoms with Crippen LogP contribution in [0.25, 0.3) is 5.52 Å². The van der Waals surface area contributed by atoms with Gasteiger partial charge in [0, 0.05) is 5.56 Å². The molecule has 6 nitrogen and oxygen atoms in total. The normalized spacial score (nSPS) is 15.5. The number of fused-ring (bicyclic) bond motifs is 1. The number of nitrogens with zero attached hydrogens (tertiary/aromatic N) is 1. The van der Waals surface area contributed by atoms with E-state index in [2.05, 4.69) is 0 Å². The summed E-state index contributed by atoms with van der Waals surface area (Å²) in [5.74, 6) is -1.84. The van der Waals surface area contributed by atoms with Crippen molar-refractivity contribution in [3.05, 3.63) is 45.1 Å². The number of hydrogen-bond acceptors (Lipinski definition) is 5. The largest absolute Gasteiger partial charge is 0.477 e. The molecule has 0 radical (unpaired) electrons. The monoisotopic (exact) mass is 352 g/mol. The van der Waals surface area contributed by atoms with E-state index in [4.69, 9.17) is 9.88 Å². The van der Waals surface area contributed by atoms with E-state index in [9.17, 15) is 19.1 Å². The van der Waals surface area contributed by atoms with E-state index < -0.39 is 22.8 Å². The summed E-state index contributed by atoms with van der Waals surface area (Å²) >= 11 is 0.940. The molecule has 0 aliphatic heterocycles. The van der Waals surface area contributed by atoms with Crippen molar-refractivity contribution in [2.24, 2.45) is 5.14 Å². The summed E-state index contributed by atoms with van der Waals surface area (Å²) in [5, 5.41) is 14.7. The van der Waals surface area contributed by atoms with Crippen LogP contribution < -0.4 is 15.4 Å². The Kier molecular flexibility index (Phi) is 4.27. The molecule has 1 aliphatic rings. The highest BCUT2D eigenvalue weighted by molar-refractivity contribution is 7.97. The van der Waals surface area contributed by atoms with Gasteiger partial charge in [-0.15, -0.1) is 0 Å². The maximum Gasteiger partial charge on any atom is 0.341 e. The molecule has 2 heterocycles. The average Bonchev–Trinajstić information content (AvgIpc) is 3.36. The zero-order valence-electron chi connectivity index (χ0n) is 13.2. The van der Waals surface area contributed by atoms with Gasteiger partial charge in [0.1, 0.15) is 5.56 Å². The second-order valence-electron chi connectivity index (χ2n) is 5.87. The van der Waals surface area contributed by atoms with Crippen LogP contribution in [0.15, 0.2) is 17.1 Å². The van der Waals surface area contributed by atoms with Gasteiger partial charge in [0.15, 0.2) is 17.0 Å². The third-order valence-electron chi connectivity index (χ3n) is 4.14. The molecular formula is C16H17FN2O4S. The molecule has 0 saturated heterocycles. The lowest BCUT2D eigenvalue weighted by Gasteiger charge is -2.18. The number of aromatic carboxylic acids is 1. The number of rotatable bonds is 5. The predicted molar refractivity (Wildman–Crippen MR) is 89.2 cm³/mol. The van der Waals surface area contributed by atoms with Crippen LogP contribution in [-0.2, 0) is 0 Å². The van der Waals surface area contributed by atoms with E-state index in [-0.39, 0.29) is 17.2 Å². The molecule has 3 N–H and O–H groups in total. The fourth-order valence-electron chi connectivity index (χ4n) is 2.83. The molecule has 1 saturated carbocycles. The van der Waals surface area contributed by atoms with Crippen LogP contribution in [0.2, 0.25) is 0 Å². The Morgan fingerprint density at radius 1 is 1.54 bits per heavy atom. The van der Waals surface area contributed by atoms with E-state index >= 15 is 0 Å². The maximum atomic E-state index is 14.5. The molecule has 1 atom stereocenters. The highest BCUT2D eigenvalue weighted by atomic mass is 32.2. The molecule has 2 aromatic rings.